The van der Waals surface area contributed by atoms with Gasteiger partial charge in [0.05, 0.1) is 18.6 Å². The Morgan fingerprint density at radius 2 is 1.85 bits per heavy atom. The summed E-state index contributed by atoms with van der Waals surface area (Å²) in [5.41, 5.74) is 0. The molecule has 0 radical (unpaired) electrons. The number of carbonyl (C=O) groups excluding carboxylic acids is 1. The molecule has 0 unspecified atom stereocenters. The van der Waals surface area contributed by atoms with Crippen molar-refractivity contribution >= 4 is 15.9 Å². The first-order valence-electron chi connectivity index (χ1n) is 9.03. The maximum absolute atomic E-state index is 12.5. The van der Waals surface area contributed by atoms with E-state index in [2.05, 4.69) is 10.2 Å². The minimum Gasteiger partial charge on any atom is -0.497 e. The van der Waals surface area contributed by atoms with E-state index >= 15 is 0 Å². The van der Waals surface area contributed by atoms with Crippen LogP contribution in [-0.2, 0) is 14.8 Å². The first-order valence-corrected chi connectivity index (χ1v) is 10.5. The number of rotatable bonds is 9. The van der Waals surface area contributed by atoms with Gasteiger partial charge in [0.25, 0.3) is 0 Å². The molecule has 26 heavy (non-hydrogen) atoms. The molecule has 0 spiro atoms. The van der Waals surface area contributed by atoms with Crippen molar-refractivity contribution in [2.24, 2.45) is 0 Å². The standard InChI is InChI=1S/C18H29N3O4S/c1-20(26(23,24)17-9-7-16(25-2)8-10-17)15-18(22)19-11-6-14-21-12-4-3-5-13-21/h7-10H,3-6,11-15H2,1-2H3,(H,19,22). The molecular formula is C18H29N3O4S. The Hall–Kier alpha value is -1.64. The van der Waals surface area contributed by atoms with Gasteiger partial charge in [-0.05, 0) is 63.2 Å². The molecule has 2 rings (SSSR count). The van der Waals surface area contributed by atoms with Crippen LogP contribution in [0, 0.1) is 0 Å². The quantitative estimate of drug-likeness (QED) is 0.651. The van der Waals surface area contributed by atoms with Crippen LogP contribution in [0.5, 0.6) is 5.75 Å². The van der Waals surface area contributed by atoms with E-state index in [-0.39, 0.29) is 17.3 Å². The summed E-state index contributed by atoms with van der Waals surface area (Å²) in [6.07, 6.45) is 4.68. The molecule has 0 aromatic heterocycles. The molecule has 1 aliphatic heterocycles. The first kappa shape index (κ1) is 20.7. The van der Waals surface area contributed by atoms with Crippen molar-refractivity contribution in [3.63, 3.8) is 0 Å². The Kier molecular flexibility index (Phi) is 7.86. The monoisotopic (exact) mass is 383 g/mol. The number of nitrogens with one attached hydrogen (secondary N) is 1. The number of likely N-dealkylation sites (N-methyl/N-ethyl adjacent to an activating group) is 1. The smallest absolute Gasteiger partial charge is 0.243 e. The van der Waals surface area contributed by atoms with Crippen LogP contribution in [0.1, 0.15) is 25.7 Å². The number of methoxy groups -OCH3 is 1. The number of ether oxygens (including phenoxy) is 1. The Morgan fingerprint density at radius 3 is 2.46 bits per heavy atom. The van der Waals surface area contributed by atoms with Gasteiger partial charge in [-0.2, -0.15) is 4.31 Å². The molecule has 0 atom stereocenters. The van der Waals surface area contributed by atoms with Crippen LogP contribution in [0.4, 0.5) is 0 Å². The van der Waals surface area contributed by atoms with Crippen molar-refractivity contribution in [1.82, 2.24) is 14.5 Å². The molecule has 7 nitrogen and oxygen atoms in total. The number of hydrogen-bond acceptors (Lipinski definition) is 5. The average Bonchev–Trinajstić information content (AvgIpc) is 2.66. The molecule has 1 fully saturated rings. The number of nitrogens with zero attached hydrogens (tertiary/aromatic N) is 2. The normalized spacial score (nSPS) is 15.8. The molecule has 146 valence electrons. The van der Waals surface area contributed by atoms with Gasteiger partial charge in [0.2, 0.25) is 15.9 Å². The minimum atomic E-state index is -3.70. The molecule has 0 bridgehead atoms. The highest BCUT2D eigenvalue weighted by Crippen LogP contribution is 2.18. The molecule has 1 N–H and O–H groups in total. The van der Waals surface area contributed by atoms with Crippen molar-refractivity contribution in [3.05, 3.63) is 24.3 Å². The van der Waals surface area contributed by atoms with E-state index in [1.165, 1.54) is 45.6 Å². The lowest BCUT2D eigenvalue weighted by molar-refractivity contribution is -0.121. The molecule has 1 saturated heterocycles. The highest BCUT2D eigenvalue weighted by Gasteiger charge is 2.22. The average molecular weight is 384 g/mol. The summed E-state index contributed by atoms with van der Waals surface area (Å²) in [5, 5.41) is 2.80. The lowest BCUT2D eigenvalue weighted by atomic mass is 10.1. The first-order chi connectivity index (χ1) is 12.4. The van der Waals surface area contributed by atoms with Gasteiger partial charge < -0.3 is 15.0 Å². The van der Waals surface area contributed by atoms with Crippen LogP contribution < -0.4 is 10.1 Å². The zero-order chi connectivity index (χ0) is 19.0. The third-order valence-corrected chi connectivity index (χ3v) is 6.37. The minimum absolute atomic E-state index is 0.138. The van der Waals surface area contributed by atoms with E-state index in [4.69, 9.17) is 4.74 Å². The number of hydrogen-bond donors (Lipinski definition) is 1. The second-order valence-corrected chi connectivity index (χ2v) is 8.59. The Morgan fingerprint density at radius 1 is 1.19 bits per heavy atom. The third kappa shape index (κ3) is 5.96. The number of carbonyl (C=O) groups is 1. The van der Waals surface area contributed by atoms with Crippen LogP contribution in [0.25, 0.3) is 0 Å². The summed E-state index contributed by atoms with van der Waals surface area (Å²) in [5.74, 6) is 0.293. The van der Waals surface area contributed by atoms with E-state index in [9.17, 15) is 13.2 Å². The van der Waals surface area contributed by atoms with E-state index < -0.39 is 10.0 Å². The highest BCUT2D eigenvalue weighted by atomic mass is 32.2. The third-order valence-electron chi connectivity index (χ3n) is 4.56. The molecule has 1 aromatic carbocycles. The van der Waals surface area contributed by atoms with Crippen molar-refractivity contribution in [3.8, 4) is 5.75 Å². The fourth-order valence-corrected chi connectivity index (χ4v) is 4.11. The van der Waals surface area contributed by atoms with E-state index in [0.717, 1.165) is 30.4 Å². The zero-order valence-corrected chi connectivity index (χ0v) is 16.4. The van der Waals surface area contributed by atoms with E-state index in [1.54, 1.807) is 12.1 Å². The van der Waals surface area contributed by atoms with Gasteiger partial charge in [0.15, 0.2) is 0 Å². The molecule has 0 aliphatic carbocycles. The van der Waals surface area contributed by atoms with Crippen LogP contribution in [-0.4, -0.2) is 70.4 Å². The van der Waals surface area contributed by atoms with Gasteiger partial charge in [-0.15, -0.1) is 0 Å². The van der Waals surface area contributed by atoms with Crippen molar-refractivity contribution in [2.45, 2.75) is 30.6 Å². The second-order valence-electron chi connectivity index (χ2n) is 6.54. The molecule has 8 heteroatoms. The van der Waals surface area contributed by atoms with Gasteiger partial charge in [0, 0.05) is 13.6 Å². The van der Waals surface area contributed by atoms with Crippen LogP contribution in [0.2, 0.25) is 0 Å². The molecule has 0 saturated carbocycles. The van der Waals surface area contributed by atoms with Crippen LogP contribution in [0.15, 0.2) is 29.2 Å². The maximum atomic E-state index is 12.5. The largest absolute Gasteiger partial charge is 0.497 e. The summed E-state index contributed by atoms with van der Waals surface area (Å²) in [4.78, 5) is 14.6. The summed E-state index contributed by atoms with van der Waals surface area (Å²) in [6, 6.07) is 6.12. The molecular weight excluding hydrogens is 354 g/mol. The highest BCUT2D eigenvalue weighted by molar-refractivity contribution is 7.89. The van der Waals surface area contributed by atoms with Crippen LogP contribution >= 0.6 is 0 Å². The number of sulfonamides is 1. The summed E-state index contributed by atoms with van der Waals surface area (Å²) < 4.78 is 31.1. The molecule has 1 aromatic rings. The second kappa shape index (κ2) is 9.89. The topological polar surface area (TPSA) is 79.0 Å². The summed E-state index contributed by atoms with van der Waals surface area (Å²) in [7, 11) is -0.769. The number of piperidine rings is 1. The Balaban J connectivity index is 1.75. The van der Waals surface area contributed by atoms with Crippen molar-refractivity contribution < 1.29 is 17.9 Å². The van der Waals surface area contributed by atoms with Gasteiger partial charge in [-0.3, -0.25) is 4.79 Å². The lowest BCUT2D eigenvalue weighted by Crippen LogP contribution is -2.39. The predicted molar refractivity (Wildman–Crippen MR) is 101 cm³/mol. The van der Waals surface area contributed by atoms with Gasteiger partial charge in [-0.1, -0.05) is 6.42 Å². The number of benzene rings is 1. The van der Waals surface area contributed by atoms with Crippen molar-refractivity contribution in [2.75, 3.05) is 46.9 Å². The summed E-state index contributed by atoms with van der Waals surface area (Å²) in [6.45, 7) is 3.61. The maximum Gasteiger partial charge on any atom is 0.243 e. The van der Waals surface area contributed by atoms with E-state index in [0.29, 0.717) is 12.3 Å². The van der Waals surface area contributed by atoms with Gasteiger partial charge in [0.1, 0.15) is 5.75 Å². The fraction of sp³-hybridized carbons (Fsp3) is 0.611. The van der Waals surface area contributed by atoms with Gasteiger partial charge in [-0.25, -0.2) is 8.42 Å². The molecule has 1 heterocycles. The zero-order valence-electron chi connectivity index (χ0n) is 15.6. The fourth-order valence-electron chi connectivity index (χ4n) is 2.98. The number of likely N-dealkylation sites (tertiary alicyclic amines) is 1. The molecule has 1 amide bonds. The number of amides is 1. The lowest BCUT2D eigenvalue weighted by Gasteiger charge is -2.26. The van der Waals surface area contributed by atoms with Gasteiger partial charge >= 0.3 is 0 Å². The summed E-state index contributed by atoms with van der Waals surface area (Å²) >= 11 is 0. The molecule has 1 aliphatic rings. The SMILES string of the molecule is COc1ccc(S(=O)(=O)N(C)CC(=O)NCCCN2CCCCC2)cc1. The van der Waals surface area contributed by atoms with Crippen LogP contribution in [0.3, 0.4) is 0 Å². The Labute approximate surface area is 156 Å². The Bertz CT molecular complexity index is 670. The predicted octanol–water partition coefficient (Wildman–Crippen LogP) is 1.31. The van der Waals surface area contributed by atoms with Crippen molar-refractivity contribution in [1.29, 1.82) is 0 Å². The van der Waals surface area contributed by atoms with E-state index in [1.807, 2.05) is 0 Å².